The second-order valence-electron chi connectivity index (χ2n) is 9.49. The number of hydrogen-bond donors (Lipinski definition) is 1. The zero-order valence-corrected chi connectivity index (χ0v) is 20.4. The van der Waals surface area contributed by atoms with Gasteiger partial charge < -0.3 is 10.0 Å². The third-order valence-corrected chi connectivity index (χ3v) is 7.36. The molecule has 33 heavy (non-hydrogen) atoms. The van der Waals surface area contributed by atoms with Crippen molar-refractivity contribution in [2.24, 2.45) is 0 Å². The van der Waals surface area contributed by atoms with Crippen LogP contribution in [0.2, 0.25) is 0 Å². The lowest BCUT2D eigenvalue weighted by atomic mass is 9.93. The Kier molecular flexibility index (Phi) is 6.24. The Morgan fingerprint density at radius 2 is 1.94 bits per heavy atom. The van der Waals surface area contributed by atoms with Gasteiger partial charge in [0.1, 0.15) is 11.6 Å². The van der Waals surface area contributed by atoms with E-state index in [2.05, 4.69) is 42.9 Å². The van der Waals surface area contributed by atoms with E-state index in [1.165, 1.54) is 17.0 Å². The molecule has 1 aliphatic heterocycles. The van der Waals surface area contributed by atoms with Crippen LogP contribution in [0.25, 0.3) is 5.57 Å². The average molecular weight is 469 g/mol. The Bertz CT molecular complexity index is 1270. The van der Waals surface area contributed by atoms with Crippen LogP contribution >= 0.6 is 11.3 Å². The maximum absolute atomic E-state index is 13.5. The normalized spacial score (nSPS) is 16.8. The van der Waals surface area contributed by atoms with E-state index in [1.54, 1.807) is 33.8 Å². The fourth-order valence-electron chi connectivity index (χ4n) is 3.99. The molecule has 0 spiro atoms. The van der Waals surface area contributed by atoms with E-state index >= 15 is 0 Å². The first-order chi connectivity index (χ1) is 15.5. The van der Waals surface area contributed by atoms with E-state index in [0.29, 0.717) is 24.9 Å². The Hall–Kier alpha value is -2.84. The van der Waals surface area contributed by atoms with Crippen LogP contribution < -0.4 is 10.6 Å². The smallest absolute Gasteiger partial charge is 0.352 e. The molecule has 0 amide bonds. The molecule has 0 bridgehead atoms. The van der Waals surface area contributed by atoms with Crippen LogP contribution in [0.5, 0.6) is 0 Å². The highest BCUT2D eigenvalue weighted by Crippen LogP contribution is 2.30. The van der Waals surface area contributed by atoms with Crippen LogP contribution in [0.15, 0.2) is 41.2 Å². The van der Waals surface area contributed by atoms with Gasteiger partial charge in [-0.25, -0.2) is 9.18 Å². The van der Waals surface area contributed by atoms with E-state index in [0.717, 1.165) is 21.6 Å². The third kappa shape index (κ3) is 4.91. The number of benzene rings is 1. The molecule has 1 atom stereocenters. The largest absolute Gasteiger partial charge is 0.387 e. The van der Waals surface area contributed by atoms with Crippen molar-refractivity contribution >= 4 is 22.9 Å². The molecule has 0 aliphatic carbocycles. The van der Waals surface area contributed by atoms with Crippen molar-refractivity contribution in [2.45, 2.75) is 52.7 Å². The number of nitrogens with zero attached hydrogens (tertiary/aromatic N) is 4. The van der Waals surface area contributed by atoms with E-state index in [4.69, 9.17) is 0 Å². The summed E-state index contributed by atoms with van der Waals surface area (Å²) < 4.78 is 15.0. The molecule has 0 radical (unpaired) electrons. The predicted octanol–water partition coefficient (Wildman–Crippen LogP) is 4.07. The summed E-state index contributed by atoms with van der Waals surface area (Å²) in [5.41, 5.74) is 2.05. The lowest BCUT2D eigenvalue weighted by Crippen LogP contribution is -2.40. The molecule has 0 fully saturated rings. The molecule has 1 aromatic carbocycles. The molecule has 0 saturated carbocycles. The monoisotopic (exact) mass is 468 g/mol. The predicted molar refractivity (Wildman–Crippen MR) is 130 cm³/mol. The standard InChI is InChI=1S/C25H29FN4O2S/c1-15-12-17(26)6-8-19(15)20-10-11-29(14-21(20)31)23-27-16(2)30(24(32)28-23)13-18-7-9-22(33-18)25(3,4)5/h6-10,12,21,31H,11,13-14H2,1-5H3. The molecular weight excluding hydrogens is 439 g/mol. The molecule has 174 valence electrons. The fourth-order valence-corrected chi connectivity index (χ4v) is 5.04. The van der Waals surface area contributed by atoms with E-state index in [-0.39, 0.29) is 23.5 Å². The number of aliphatic hydroxyl groups excluding tert-OH is 1. The Morgan fingerprint density at radius 1 is 1.18 bits per heavy atom. The number of rotatable bonds is 4. The number of thiophene rings is 1. The number of anilines is 1. The average Bonchev–Trinajstić information content (AvgIpc) is 3.20. The van der Waals surface area contributed by atoms with Crippen LogP contribution in [0.1, 0.15) is 47.5 Å². The van der Waals surface area contributed by atoms with E-state index in [1.807, 2.05) is 13.0 Å². The summed E-state index contributed by atoms with van der Waals surface area (Å²) in [6.07, 6.45) is 1.09. The van der Waals surface area contributed by atoms with Gasteiger partial charge in [0, 0.05) is 16.3 Å². The van der Waals surface area contributed by atoms with Crippen molar-refractivity contribution < 1.29 is 9.50 Å². The van der Waals surface area contributed by atoms with Gasteiger partial charge in [-0.2, -0.15) is 9.97 Å². The molecule has 8 heteroatoms. The molecule has 1 unspecified atom stereocenters. The lowest BCUT2D eigenvalue weighted by Gasteiger charge is -2.31. The number of aryl methyl sites for hydroxylation is 2. The van der Waals surface area contributed by atoms with Crippen LogP contribution in [0.4, 0.5) is 10.3 Å². The van der Waals surface area contributed by atoms with Crippen LogP contribution in [-0.2, 0) is 12.0 Å². The molecule has 3 aromatic rings. The molecular formula is C25H29FN4O2S. The van der Waals surface area contributed by atoms with Crippen molar-refractivity contribution in [3.8, 4) is 0 Å². The third-order valence-electron chi connectivity index (χ3n) is 5.86. The number of β-amino-alcohol motifs (C(OH)–C–C–N with tert-alkyl or cyclic N) is 1. The Labute approximate surface area is 197 Å². The zero-order valence-electron chi connectivity index (χ0n) is 19.6. The number of aliphatic hydroxyl groups is 1. The maximum Gasteiger partial charge on any atom is 0.352 e. The van der Waals surface area contributed by atoms with Gasteiger partial charge in [0.2, 0.25) is 5.95 Å². The van der Waals surface area contributed by atoms with E-state index in [9.17, 15) is 14.3 Å². The first-order valence-electron chi connectivity index (χ1n) is 11.0. The molecule has 0 saturated heterocycles. The Balaban J connectivity index is 1.55. The van der Waals surface area contributed by atoms with Gasteiger partial charge in [0.05, 0.1) is 19.2 Å². The summed E-state index contributed by atoms with van der Waals surface area (Å²) in [5, 5.41) is 10.8. The van der Waals surface area contributed by atoms with Crippen LogP contribution in [0, 0.1) is 19.7 Å². The Morgan fingerprint density at radius 3 is 2.55 bits per heavy atom. The minimum atomic E-state index is -0.795. The summed E-state index contributed by atoms with van der Waals surface area (Å²) in [6.45, 7) is 11.3. The number of hydrogen-bond acceptors (Lipinski definition) is 6. The van der Waals surface area contributed by atoms with Gasteiger partial charge in [-0.3, -0.25) is 4.57 Å². The number of aromatic nitrogens is 3. The molecule has 6 nitrogen and oxygen atoms in total. The van der Waals surface area contributed by atoms with E-state index < -0.39 is 6.10 Å². The second kappa shape index (κ2) is 8.83. The molecule has 2 aromatic heterocycles. The van der Waals surface area contributed by atoms with Gasteiger partial charge in [-0.1, -0.05) is 32.9 Å². The topological polar surface area (TPSA) is 71.2 Å². The van der Waals surface area contributed by atoms with Gasteiger partial charge >= 0.3 is 5.69 Å². The summed E-state index contributed by atoms with van der Waals surface area (Å²) in [6, 6.07) is 8.70. The summed E-state index contributed by atoms with van der Waals surface area (Å²) in [5.74, 6) is 0.584. The highest BCUT2D eigenvalue weighted by molar-refractivity contribution is 7.12. The van der Waals surface area contributed by atoms with Crippen molar-refractivity contribution in [2.75, 3.05) is 18.0 Å². The second-order valence-corrected chi connectivity index (χ2v) is 10.7. The molecule has 1 N–H and O–H groups in total. The maximum atomic E-state index is 13.5. The minimum absolute atomic E-state index is 0.0667. The lowest BCUT2D eigenvalue weighted by molar-refractivity contribution is 0.233. The summed E-state index contributed by atoms with van der Waals surface area (Å²) in [4.78, 5) is 25.7. The molecule has 4 rings (SSSR count). The van der Waals surface area contributed by atoms with Gasteiger partial charge in [0.25, 0.3) is 0 Å². The zero-order chi connectivity index (χ0) is 23.9. The quantitative estimate of drug-likeness (QED) is 0.625. The van der Waals surface area contributed by atoms with Gasteiger partial charge in [-0.05, 0) is 60.2 Å². The van der Waals surface area contributed by atoms with Crippen molar-refractivity contribution in [3.63, 3.8) is 0 Å². The molecule has 1 aliphatic rings. The van der Waals surface area contributed by atoms with Gasteiger partial charge in [0.15, 0.2) is 0 Å². The summed E-state index contributed by atoms with van der Waals surface area (Å²) >= 11 is 1.69. The minimum Gasteiger partial charge on any atom is -0.387 e. The fraction of sp³-hybridized carbons (Fsp3) is 0.400. The van der Waals surface area contributed by atoms with Crippen molar-refractivity contribution in [1.82, 2.24) is 14.5 Å². The highest BCUT2D eigenvalue weighted by Gasteiger charge is 2.25. The van der Waals surface area contributed by atoms with Crippen LogP contribution in [0.3, 0.4) is 0 Å². The first kappa shape index (κ1) is 23.3. The van der Waals surface area contributed by atoms with Crippen molar-refractivity contribution in [3.05, 3.63) is 79.4 Å². The summed E-state index contributed by atoms with van der Waals surface area (Å²) in [7, 11) is 0. The highest BCUT2D eigenvalue weighted by atomic mass is 32.1. The SMILES string of the molecule is Cc1cc(F)ccc1C1=CCN(c2nc(C)n(Cc3ccc(C(C)(C)C)s3)c(=O)n2)CC1O. The van der Waals surface area contributed by atoms with Crippen LogP contribution in [-0.4, -0.2) is 38.8 Å². The first-order valence-corrected chi connectivity index (χ1v) is 11.8. The van der Waals surface area contributed by atoms with Gasteiger partial charge in [-0.15, -0.1) is 11.3 Å². The number of halogens is 1. The van der Waals surface area contributed by atoms with Crippen molar-refractivity contribution in [1.29, 1.82) is 0 Å². The molecule has 3 heterocycles.